The van der Waals surface area contributed by atoms with Crippen LogP contribution in [0.3, 0.4) is 0 Å². The zero-order chi connectivity index (χ0) is 27.4. The van der Waals surface area contributed by atoms with Crippen molar-refractivity contribution in [2.24, 2.45) is 12.5 Å². The molecule has 36 heavy (non-hydrogen) atoms. The monoisotopic (exact) mass is 519 g/mol. The lowest BCUT2D eigenvalue weighted by Crippen LogP contribution is -2.35. The molecule has 0 aliphatic heterocycles. The van der Waals surface area contributed by atoms with Gasteiger partial charge < -0.3 is 4.90 Å². The predicted octanol–water partition coefficient (Wildman–Crippen LogP) is 6.74. The maximum Gasteiger partial charge on any atom is 0.418 e. The van der Waals surface area contributed by atoms with Crippen LogP contribution in [0.2, 0.25) is 0 Å². The molecule has 2 aliphatic carbocycles. The SMILES string of the molecule is CCN(CC)CC.Cn1c2c(c(=O)n1-c1ccc(C(F)(F)F)cc1C(F)(F)F)[C@H]1CC[C@]2(C)C1(C)C. The first-order valence-corrected chi connectivity index (χ1v) is 12.3. The van der Waals surface area contributed by atoms with Crippen LogP contribution >= 0.6 is 0 Å². The first kappa shape index (κ1) is 28.3. The molecule has 1 saturated carbocycles. The molecule has 2 aliphatic rings. The predicted molar refractivity (Wildman–Crippen MR) is 128 cm³/mol. The van der Waals surface area contributed by atoms with Crippen LogP contribution in [0.4, 0.5) is 26.3 Å². The molecule has 1 aromatic heterocycles. The maximum atomic E-state index is 13.6. The average molecular weight is 520 g/mol. The molecule has 0 radical (unpaired) electrons. The number of fused-ring (bicyclic) bond motifs is 5. The second-order valence-electron chi connectivity index (χ2n) is 10.4. The fourth-order valence-electron chi connectivity index (χ4n) is 6.09. The zero-order valence-corrected chi connectivity index (χ0v) is 21.9. The second kappa shape index (κ2) is 9.26. The summed E-state index contributed by atoms with van der Waals surface area (Å²) in [5.41, 5.74) is -3.52. The van der Waals surface area contributed by atoms with Gasteiger partial charge in [0.2, 0.25) is 0 Å². The molecular weight excluding hydrogens is 484 g/mol. The quantitative estimate of drug-likeness (QED) is 0.419. The van der Waals surface area contributed by atoms with Crippen LogP contribution in [0, 0.1) is 5.41 Å². The number of hydrogen-bond donors (Lipinski definition) is 0. The molecule has 2 atom stereocenters. The van der Waals surface area contributed by atoms with Gasteiger partial charge in [-0.1, -0.05) is 41.5 Å². The molecule has 202 valence electrons. The Kier molecular flexibility index (Phi) is 7.29. The Balaban J connectivity index is 0.000000454. The summed E-state index contributed by atoms with van der Waals surface area (Å²) in [6.07, 6.45) is -8.41. The molecule has 4 nitrogen and oxygen atoms in total. The molecule has 2 aromatic rings. The highest BCUT2D eigenvalue weighted by molar-refractivity contribution is 5.50. The van der Waals surface area contributed by atoms with Crippen LogP contribution in [0.5, 0.6) is 0 Å². The van der Waals surface area contributed by atoms with Crippen molar-refractivity contribution in [3.05, 3.63) is 50.9 Å². The van der Waals surface area contributed by atoms with Gasteiger partial charge in [0.1, 0.15) is 0 Å². The standard InChI is InChI=1S/C20H20F6N2O.C6H15N/c1-17(2)11-7-8-18(17,3)15-14(11)16(29)28(27(15)4)13-6-5-10(19(21,22)23)9-12(13)20(24,25)26;1-4-7(5-2)6-3/h5-6,9,11H,7-8H2,1-4H3;4-6H2,1-3H3/t11-,18+;/m1./s1. The Morgan fingerprint density at radius 3 is 1.94 bits per heavy atom. The highest BCUT2D eigenvalue weighted by atomic mass is 19.4. The maximum absolute atomic E-state index is 13.6. The number of alkyl halides is 6. The van der Waals surface area contributed by atoms with Crippen molar-refractivity contribution < 1.29 is 26.3 Å². The van der Waals surface area contributed by atoms with Gasteiger partial charge in [-0.05, 0) is 62.0 Å². The van der Waals surface area contributed by atoms with E-state index in [1.165, 1.54) is 31.4 Å². The van der Waals surface area contributed by atoms with Crippen LogP contribution in [-0.2, 0) is 24.8 Å². The van der Waals surface area contributed by atoms with E-state index in [2.05, 4.69) is 25.7 Å². The Bertz CT molecular complexity index is 1160. The summed E-state index contributed by atoms with van der Waals surface area (Å²) in [6.45, 7) is 16.2. The lowest BCUT2D eigenvalue weighted by atomic mass is 9.70. The minimum Gasteiger partial charge on any atom is -0.304 e. The van der Waals surface area contributed by atoms with E-state index in [0.29, 0.717) is 17.3 Å². The van der Waals surface area contributed by atoms with Crippen LogP contribution in [-0.4, -0.2) is 33.9 Å². The highest BCUT2D eigenvalue weighted by Crippen LogP contribution is 2.67. The third-order valence-electron chi connectivity index (χ3n) is 8.60. The van der Waals surface area contributed by atoms with Gasteiger partial charge in [0.25, 0.3) is 5.56 Å². The second-order valence-corrected chi connectivity index (χ2v) is 10.4. The van der Waals surface area contributed by atoms with Crippen LogP contribution in [0.25, 0.3) is 5.69 Å². The molecule has 0 unspecified atom stereocenters. The highest BCUT2D eigenvalue weighted by Gasteiger charge is 2.62. The van der Waals surface area contributed by atoms with Crippen LogP contribution in [0.15, 0.2) is 23.0 Å². The van der Waals surface area contributed by atoms with Gasteiger partial charge in [0, 0.05) is 18.0 Å². The van der Waals surface area contributed by atoms with Crippen molar-refractivity contribution in [1.29, 1.82) is 0 Å². The van der Waals surface area contributed by atoms with Gasteiger partial charge in [0.05, 0.1) is 22.5 Å². The first-order chi connectivity index (χ1) is 16.5. The van der Waals surface area contributed by atoms with E-state index in [4.69, 9.17) is 0 Å². The fourth-order valence-corrected chi connectivity index (χ4v) is 6.09. The number of aromatic nitrogens is 2. The van der Waals surface area contributed by atoms with Crippen molar-refractivity contribution in [3.8, 4) is 5.69 Å². The molecule has 1 aromatic carbocycles. The summed E-state index contributed by atoms with van der Waals surface area (Å²) in [5, 5.41) is 0. The Hall–Kier alpha value is -2.23. The number of hydrogen-bond acceptors (Lipinski definition) is 2. The molecule has 0 N–H and O–H groups in total. The third kappa shape index (κ3) is 4.29. The molecule has 0 saturated heterocycles. The molecule has 4 rings (SSSR count). The Morgan fingerprint density at radius 1 is 0.972 bits per heavy atom. The van der Waals surface area contributed by atoms with Crippen molar-refractivity contribution in [1.82, 2.24) is 14.3 Å². The van der Waals surface area contributed by atoms with Gasteiger partial charge in [-0.2, -0.15) is 26.3 Å². The molecule has 0 amide bonds. The molecular formula is C26H35F6N3O. The van der Waals surface area contributed by atoms with Gasteiger partial charge in [-0.25, -0.2) is 4.68 Å². The third-order valence-corrected chi connectivity index (χ3v) is 8.60. The van der Waals surface area contributed by atoms with Crippen LogP contribution < -0.4 is 5.56 Å². The van der Waals surface area contributed by atoms with Crippen molar-refractivity contribution in [3.63, 3.8) is 0 Å². The minimum atomic E-state index is -5.05. The van der Waals surface area contributed by atoms with E-state index in [0.717, 1.165) is 23.6 Å². The molecule has 2 bridgehead atoms. The minimum absolute atomic E-state index is 0.0696. The summed E-state index contributed by atoms with van der Waals surface area (Å²) in [6, 6.07) is 1.38. The lowest BCUT2D eigenvalue weighted by molar-refractivity contribution is -0.143. The molecule has 0 spiro atoms. The summed E-state index contributed by atoms with van der Waals surface area (Å²) in [7, 11) is 1.50. The Morgan fingerprint density at radius 2 is 1.53 bits per heavy atom. The smallest absolute Gasteiger partial charge is 0.304 e. The van der Waals surface area contributed by atoms with Crippen LogP contribution in [0.1, 0.15) is 82.7 Å². The number of rotatable bonds is 4. The normalized spacial score (nSPS) is 22.6. The topological polar surface area (TPSA) is 30.2 Å². The van der Waals surface area contributed by atoms with E-state index in [1.54, 1.807) is 0 Å². The van der Waals surface area contributed by atoms with Gasteiger partial charge in [-0.3, -0.25) is 9.48 Å². The van der Waals surface area contributed by atoms with E-state index < -0.39 is 40.1 Å². The van der Waals surface area contributed by atoms with Gasteiger partial charge >= 0.3 is 12.4 Å². The van der Waals surface area contributed by atoms with Crippen molar-refractivity contribution in [2.75, 3.05) is 19.6 Å². The fraction of sp³-hybridized carbons (Fsp3) is 0.654. The number of halogens is 6. The van der Waals surface area contributed by atoms with Gasteiger partial charge in [0.15, 0.2) is 0 Å². The van der Waals surface area contributed by atoms with Crippen molar-refractivity contribution in [2.45, 2.75) is 78.1 Å². The number of nitrogens with zero attached hydrogens (tertiary/aromatic N) is 3. The zero-order valence-electron chi connectivity index (χ0n) is 21.9. The number of benzene rings is 1. The summed E-state index contributed by atoms with van der Waals surface area (Å²) in [4.78, 5) is 15.6. The van der Waals surface area contributed by atoms with E-state index in [-0.39, 0.29) is 17.4 Å². The van der Waals surface area contributed by atoms with E-state index >= 15 is 0 Å². The molecule has 10 heteroatoms. The summed E-state index contributed by atoms with van der Waals surface area (Å²) in [5.74, 6) is -0.0914. The summed E-state index contributed by atoms with van der Waals surface area (Å²) < 4.78 is 82.2. The average Bonchev–Trinajstić information content (AvgIpc) is 3.25. The lowest BCUT2D eigenvalue weighted by Gasteiger charge is -2.36. The molecule has 1 heterocycles. The largest absolute Gasteiger partial charge is 0.418 e. The Labute approximate surface area is 207 Å². The first-order valence-electron chi connectivity index (χ1n) is 12.3. The summed E-state index contributed by atoms with van der Waals surface area (Å²) >= 11 is 0. The molecule has 1 fully saturated rings. The van der Waals surface area contributed by atoms with Crippen molar-refractivity contribution >= 4 is 0 Å². The van der Waals surface area contributed by atoms with Gasteiger partial charge in [-0.15, -0.1) is 0 Å². The van der Waals surface area contributed by atoms with E-state index in [9.17, 15) is 31.1 Å². The van der Waals surface area contributed by atoms with E-state index in [1.807, 2.05) is 20.8 Å².